The first kappa shape index (κ1) is 13.1. The van der Waals surface area contributed by atoms with Crippen molar-refractivity contribution in [1.82, 2.24) is 9.47 Å². The third-order valence-electron chi connectivity index (χ3n) is 2.95. The molecule has 1 aliphatic rings. The molecule has 18 heavy (non-hydrogen) atoms. The van der Waals surface area contributed by atoms with Gasteiger partial charge in [0, 0.05) is 31.0 Å². The number of nitrogens with zero attached hydrogens (tertiary/aromatic N) is 2. The summed E-state index contributed by atoms with van der Waals surface area (Å²) in [5, 5.41) is 0. The number of rotatable bonds is 5. The van der Waals surface area contributed by atoms with E-state index in [1.807, 2.05) is 0 Å². The quantitative estimate of drug-likeness (QED) is 0.759. The number of hydrogen-bond donors (Lipinski definition) is 0. The Hall–Kier alpha value is -1.30. The van der Waals surface area contributed by atoms with Crippen molar-refractivity contribution in [2.75, 3.05) is 13.1 Å². The largest absolute Gasteiger partial charge is 0.401 e. The average Bonchev–Trinajstić information content (AvgIpc) is 2.98. The summed E-state index contributed by atoms with van der Waals surface area (Å²) in [5.74, 6) is -0.258. The standard InChI is InChI=1S/C12H15F3N2O/c1-16-5-4-9(6-16)11(18)7-17(10-2-3-10)8-12(13,14)15/h4-6,10H,2-3,7-8H2,1H3. The molecular weight excluding hydrogens is 245 g/mol. The van der Waals surface area contributed by atoms with Gasteiger partial charge in [0.1, 0.15) is 0 Å². The third kappa shape index (κ3) is 3.60. The maximum absolute atomic E-state index is 12.4. The zero-order chi connectivity index (χ0) is 13.3. The molecule has 1 saturated carbocycles. The fourth-order valence-electron chi connectivity index (χ4n) is 1.93. The molecule has 3 nitrogen and oxygen atoms in total. The summed E-state index contributed by atoms with van der Waals surface area (Å²) in [5.41, 5.74) is 0.463. The molecule has 2 rings (SSSR count). The van der Waals surface area contributed by atoms with E-state index in [4.69, 9.17) is 0 Å². The van der Waals surface area contributed by atoms with Crippen LogP contribution >= 0.6 is 0 Å². The summed E-state index contributed by atoms with van der Waals surface area (Å²) >= 11 is 0. The van der Waals surface area contributed by atoms with E-state index in [0.717, 1.165) is 12.8 Å². The van der Waals surface area contributed by atoms with Crippen molar-refractivity contribution in [2.24, 2.45) is 7.05 Å². The van der Waals surface area contributed by atoms with Crippen LogP contribution in [0.3, 0.4) is 0 Å². The van der Waals surface area contributed by atoms with Crippen LogP contribution in [0, 0.1) is 0 Å². The van der Waals surface area contributed by atoms with Crippen LogP contribution in [0.25, 0.3) is 0 Å². The second-order valence-electron chi connectivity index (χ2n) is 4.74. The molecule has 0 aromatic carbocycles. The summed E-state index contributed by atoms with van der Waals surface area (Å²) in [6.45, 7) is -1.16. The minimum Gasteiger partial charge on any atom is -0.357 e. The Kier molecular flexibility index (Phi) is 3.47. The Morgan fingerprint density at radius 1 is 1.50 bits per heavy atom. The number of hydrogen-bond acceptors (Lipinski definition) is 2. The van der Waals surface area contributed by atoms with Gasteiger partial charge in [0.25, 0.3) is 0 Å². The molecule has 100 valence electrons. The van der Waals surface area contributed by atoms with Gasteiger partial charge in [-0.3, -0.25) is 9.69 Å². The molecule has 1 heterocycles. The lowest BCUT2D eigenvalue weighted by Gasteiger charge is -2.22. The number of carbonyl (C=O) groups excluding carboxylic acids is 1. The molecule has 0 saturated heterocycles. The topological polar surface area (TPSA) is 25.2 Å². The monoisotopic (exact) mass is 260 g/mol. The molecule has 0 atom stereocenters. The maximum Gasteiger partial charge on any atom is 0.401 e. The molecular formula is C12H15F3N2O. The minimum atomic E-state index is -4.25. The average molecular weight is 260 g/mol. The number of Topliss-reactive ketones (excluding diaryl/α,β-unsaturated/α-hetero) is 1. The highest BCUT2D eigenvalue weighted by Gasteiger charge is 2.38. The lowest BCUT2D eigenvalue weighted by molar-refractivity contribution is -0.145. The van der Waals surface area contributed by atoms with Crippen molar-refractivity contribution in [2.45, 2.75) is 25.1 Å². The number of alkyl halides is 3. The molecule has 0 aliphatic heterocycles. The van der Waals surface area contributed by atoms with Gasteiger partial charge in [-0.2, -0.15) is 13.2 Å². The summed E-state index contributed by atoms with van der Waals surface area (Å²) in [7, 11) is 1.77. The van der Waals surface area contributed by atoms with Gasteiger partial charge in [0.05, 0.1) is 13.1 Å². The Labute approximate surface area is 103 Å². The highest BCUT2D eigenvalue weighted by Crippen LogP contribution is 2.30. The van der Waals surface area contributed by atoms with Crippen LogP contribution in [-0.2, 0) is 7.05 Å². The summed E-state index contributed by atoms with van der Waals surface area (Å²) in [6, 6.07) is 1.54. The van der Waals surface area contributed by atoms with Gasteiger partial charge in [0.15, 0.2) is 5.78 Å². The first-order valence-electron chi connectivity index (χ1n) is 5.81. The van der Waals surface area contributed by atoms with Crippen LogP contribution in [-0.4, -0.2) is 40.6 Å². The van der Waals surface area contributed by atoms with Crippen molar-refractivity contribution in [1.29, 1.82) is 0 Å². The maximum atomic E-state index is 12.4. The lowest BCUT2D eigenvalue weighted by Crippen LogP contribution is -2.39. The Bertz CT molecular complexity index is 435. The molecule has 0 N–H and O–H groups in total. The van der Waals surface area contributed by atoms with E-state index >= 15 is 0 Å². The summed E-state index contributed by atoms with van der Waals surface area (Å²) < 4.78 is 38.9. The van der Waals surface area contributed by atoms with E-state index in [0.29, 0.717) is 5.56 Å². The molecule has 0 bridgehead atoms. The van der Waals surface area contributed by atoms with Gasteiger partial charge < -0.3 is 4.57 Å². The molecule has 1 fully saturated rings. The van der Waals surface area contributed by atoms with E-state index in [1.54, 1.807) is 30.1 Å². The van der Waals surface area contributed by atoms with Gasteiger partial charge in [-0.1, -0.05) is 0 Å². The van der Waals surface area contributed by atoms with Crippen LogP contribution in [0.15, 0.2) is 18.5 Å². The van der Waals surface area contributed by atoms with E-state index in [-0.39, 0.29) is 18.4 Å². The van der Waals surface area contributed by atoms with Crippen molar-refractivity contribution in [3.8, 4) is 0 Å². The van der Waals surface area contributed by atoms with Crippen molar-refractivity contribution in [3.63, 3.8) is 0 Å². The highest BCUT2D eigenvalue weighted by molar-refractivity contribution is 5.97. The van der Waals surface area contributed by atoms with Gasteiger partial charge in [-0.05, 0) is 18.9 Å². The van der Waals surface area contributed by atoms with E-state index < -0.39 is 12.7 Å². The molecule has 6 heteroatoms. The second-order valence-corrected chi connectivity index (χ2v) is 4.74. The van der Waals surface area contributed by atoms with Gasteiger partial charge in [-0.25, -0.2) is 0 Å². The van der Waals surface area contributed by atoms with Crippen molar-refractivity contribution >= 4 is 5.78 Å². The fraction of sp³-hybridized carbons (Fsp3) is 0.583. The Morgan fingerprint density at radius 3 is 2.61 bits per heavy atom. The minimum absolute atomic E-state index is 0.0840. The van der Waals surface area contributed by atoms with Gasteiger partial charge in [0.2, 0.25) is 0 Å². The van der Waals surface area contributed by atoms with E-state index in [2.05, 4.69) is 0 Å². The molecule has 0 amide bonds. The zero-order valence-corrected chi connectivity index (χ0v) is 10.1. The van der Waals surface area contributed by atoms with Crippen LogP contribution in [0.4, 0.5) is 13.2 Å². The second kappa shape index (κ2) is 4.76. The van der Waals surface area contributed by atoms with Crippen LogP contribution < -0.4 is 0 Å². The van der Waals surface area contributed by atoms with E-state index in [1.165, 1.54) is 4.90 Å². The number of aryl methyl sites for hydroxylation is 1. The smallest absolute Gasteiger partial charge is 0.357 e. The van der Waals surface area contributed by atoms with Crippen LogP contribution in [0.2, 0.25) is 0 Å². The van der Waals surface area contributed by atoms with Crippen LogP contribution in [0.5, 0.6) is 0 Å². The normalized spacial score (nSPS) is 16.3. The highest BCUT2D eigenvalue weighted by atomic mass is 19.4. The number of aromatic nitrogens is 1. The molecule has 1 aromatic heterocycles. The van der Waals surface area contributed by atoms with Crippen molar-refractivity contribution in [3.05, 3.63) is 24.0 Å². The Morgan fingerprint density at radius 2 is 2.17 bits per heavy atom. The first-order chi connectivity index (χ1) is 8.35. The fourth-order valence-corrected chi connectivity index (χ4v) is 1.93. The van der Waals surface area contributed by atoms with Crippen molar-refractivity contribution < 1.29 is 18.0 Å². The Balaban J connectivity index is 1.98. The first-order valence-corrected chi connectivity index (χ1v) is 5.81. The lowest BCUT2D eigenvalue weighted by atomic mass is 10.2. The molecule has 1 aliphatic carbocycles. The van der Waals surface area contributed by atoms with Crippen LogP contribution in [0.1, 0.15) is 23.2 Å². The van der Waals surface area contributed by atoms with E-state index in [9.17, 15) is 18.0 Å². The van der Waals surface area contributed by atoms with Gasteiger partial charge >= 0.3 is 6.18 Å². The number of ketones is 1. The third-order valence-corrected chi connectivity index (χ3v) is 2.95. The SMILES string of the molecule is Cn1ccc(C(=O)CN(CC(F)(F)F)C2CC2)c1. The molecule has 0 unspecified atom stereocenters. The van der Waals surface area contributed by atoms with Gasteiger partial charge in [-0.15, -0.1) is 0 Å². The molecule has 0 spiro atoms. The summed E-state index contributed by atoms with van der Waals surface area (Å²) in [4.78, 5) is 13.1. The zero-order valence-electron chi connectivity index (χ0n) is 10.1. The molecule has 1 aromatic rings. The predicted octanol–water partition coefficient (Wildman–Crippen LogP) is 2.23. The number of halogens is 3. The number of carbonyl (C=O) groups is 1. The summed E-state index contributed by atoms with van der Waals surface area (Å²) in [6.07, 6.45) is 0.579. The molecule has 0 radical (unpaired) electrons. The predicted molar refractivity (Wildman–Crippen MR) is 60.4 cm³/mol.